The van der Waals surface area contributed by atoms with Crippen molar-refractivity contribution in [2.45, 2.75) is 12.8 Å². The topological polar surface area (TPSA) is 173 Å². The SMILES string of the molecule is CCOC(=O)NNC(=O)c1ccc(Br)cc1N1C(N)=C(C#N)C(c2ccccc2)C(C(=O)OC)=C1C(=O)OC. The van der Waals surface area contributed by atoms with Crippen LogP contribution >= 0.6 is 15.9 Å². The molecular formula is C26H24BrN5O7. The largest absolute Gasteiger partial charge is 0.466 e. The summed E-state index contributed by atoms with van der Waals surface area (Å²) in [6.45, 7) is 1.66. The molecule has 1 heterocycles. The van der Waals surface area contributed by atoms with E-state index >= 15 is 0 Å². The van der Waals surface area contributed by atoms with Gasteiger partial charge in [0.2, 0.25) is 0 Å². The molecule has 39 heavy (non-hydrogen) atoms. The van der Waals surface area contributed by atoms with Crippen LogP contribution in [0.2, 0.25) is 0 Å². The molecule has 0 aliphatic carbocycles. The Labute approximate surface area is 232 Å². The summed E-state index contributed by atoms with van der Waals surface area (Å²) in [6, 6.07) is 14.9. The summed E-state index contributed by atoms with van der Waals surface area (Å²) >= 11 is 3.33. The molecule has 0 saturated heterocycles. The summed E-state index contributed by atoms with van der Waals surface area (Å²) in [4.78, 5) is 52.4. The summed E-state index contributed by atoms with van der Waals surface area (Å²) in [6.07, 6.45) is -0.900. The number of halogens is 1. The Morgan fingerprint density at radius 1 is 1.05 bits per heavy atom. The number of hydrogen-bond donors (Lipinski definition) is 3. The lowest BCUT2D eigenvalue weighted by Gasteiger charge is -2.36. The van der Waals surface area contributed by atoms with Crippen molar-refractivity contribution in [2.24, 2.45) is 5.73 Å². The van der Waals surface area contributed by atoms with Crippen LogP contribution in [-0.2, 0) is 23.8 Å². The summed E-state index contributed by atoms with van der Waals surface area (Å²) in [5.74, 6) is -4.02. The number of carbonyl (C=O) groups is 4. The Balaban J connectivity index is 2.33. The van der Waals surface area contributed by atoms with Crippen LogP contribution in [-0.4, -0.2) is 44.8 Å². The first-order valence-corrected chi connectivity index (χ1v) is 12.2. The van der Waals surface area contributed by atoms with Crippen molar-refractivity contribution in [3.63, 3.8) is 0 Å². The van der Waals surface area contributed by atoms with E-state index in [1.165, 1.54) is 18.2 Å². The number of benzene rings is 2. The minimum Gasteiger partial charge on any atom is -0.466 e. The van der Waals surface area contributed by atoms with Crippen molar-refractivity contribution in [3.8, 4) is 6.07 Å². The summed E-state index contributed by atoms with van der Waals surface area (Å²) in [5.41, 5.74) is 10.6. The standard InChI is InChI=1S/C26H24BrN5O7/c1-4-39-26(36)31-30-23(33)16-11-10-15(27)12-18(16)32-21(25(35)38-3)20(24(34)37-2)19(17(13-28)22(32)29)14-8-6-5-7-9-14/h5-12,19H,4,29H2,1-3H3,(H,30,33)(H,31,36). The Kier molecular flexibility index (Phi) is 9.29. The lowest BCUT2D eigenvalue weighted by atomic mass is 9.80. The summed E-state index contributed by atoms with van der Waals surface area (Å²) < 4.78 is 15.2. The number of carbonyl (C=O) groups excluding carboxylic acids is 4. The maximum atomic E-state index is 13.3. The monoisotopic (exact) mass is 597 g/mol. The first kappa shape index (κ1) is 28.7. The molecule has 2 aromatic carbocycles. The minimum atomic E-state index is -1.08. The summed E-state index contributed by atoms with van der Waals surface area (Å²) in [5, 5.41) is 10.2. The zero-order valence-electron chi connectivity index (χ0n) is 21.1. The normalized spacial score (nSPS) is 14.7. The van der Waals surface area contributed by atoms with E-state index in [0.717, 1.165) is 19.1 Å². The second-order valence-electron chi connectivity index (χ2n) is 7.80. The van der Waals surface area contributed by atoms with E-state index < -0.39 is 29.9 Å². The molecule has 4 N–H and O–H groups in total. The van der Waals surface area contributed by atoms with Gasteiger partial charge >= 0.3 is 18.0 Å². The van der Waals surface area contributed by atoms with E-state index in [4.69, 9.17) is 19.9 Å². The molecule has 0 saturated carbocycles. The molecule has 2 amide bonds. The fraction of sp³-hybridized carbons (Fsp3) is 0.192. The molecule has 202 valence electrons. The number of hydrogen-bond acceptors (Lipinski definition) is 10. The van der Waals surface area contributed by atoms with Crippen LogP contribution in [0.3, 0.4) is 0 Å². The lowest BCUT2D eigenvalue weighted by molar-refractivity contribution is -0.139. The number of nitriles is 1. The van der Waals surface area contributed by atoms with Gasteiger partial charge in [-0.2, -0.15) is 5.26 Å². The molecule has 0 bridgehead atoms. The van der Waals surface area contributed by atoms with Gasteiger partial charge < -0.3 is 19.9 Å². The van der Waals surface area contributed by atoms with Crippen molar-refractivity contribution >= 4 is 45.6 Å². The van der Waals surface area contributed by atoms with Crippen LogP contribution in [0.4, 0.5) is 10.5 Å². The minimum absolute atomic E-state index is 0.00824. The predicted octanol–water partition coefficient (Wildman–Crippen LogP) is 2.74. The maximum Gasteiger partial charge on any atom is 0.426 e. The lowest BCUT2D eigenvalue weighted by Crippen LogP contribution is -2.44. The Morgan fingerprint density at radius 3 is 2.31 bits per heavy atom. The van der Waals surface area contributed by atoms with Crippen molar-refractivity contribution < 1.29 is 33.4 Å². The number of nitrogens with one attached hydrogen (secondary N) is 2. The number of rotatable bonds is 6. The smallest absolute Gasteiger partial charge is 0.426 e. The third-order valence-electron chi connectivity index (χ3n) is 5.61. The molecule has 0 fully saturated rings. The van der Waals surface area contributed by atoms with E-state index in [-0.39, 0.29) is 40.5 Å². The number of hydrazine groups is 1. The fourth-order valence-electron chi connectivity index (χ4n) is 3.99. The van der Waals surface area contributed by atoms with Crippen LogP contribution in [0.15, 0.2) is 75.7 Å². The van der Waals surface area contributed by atoms with Crippen LogP contribution in [0, 0.1) is 11.3 Å². The maximum absolute atomic E-state index is 13.3. The van der Waals surface area contributed by atoms with Crippen LogP contribution in [0.25, 0.3) is 0 Å². The molecule has 13 heteroatoms. The molecule has 1 unspecified atom stereocenters. The van der Waals surface area contributed by atoms with Crippen LogP contribution in [0.5, 0.6) is 0 Å². The highest BCUT2D eigenvalue weighted by molar-refractivity contribution is 9.10. The van der Waals surface area contributed by atoms with E-state index in [9.17, 15) is 24.4 Å². The molecule has 0 aromatic heterocycles. The van der Waals surface area contributed by atoms with Gasteiger partial charge in [-0.05, 0) is 30.7 Å². The second-order valence-corrected chi connectivity index (χ2v) is 8.71. The highest BCUT2D eigenvalue weighted by Gasteiger charge is 2.43. The predicted molar refractivity (Wildman–Crippen MR) is 141 cm³/mol. The van der Waals surface area contributed by atoms with Gasteiger partial charge in [0.1, 0.15) is 11.5 Å². The van der Waals surface area contributed by atoms with Gasteiger partial charge in [0.05, 0.1) is 55.2 Å². The Bertz CT molecular complexity index is 1420. The van der Waals surface area contributed by atoms with Crippen LogP contribution in [0.1, 0.15) is 28.8 Å². The fourth-order valence-corrected chi connectivity index (χ4v) is 4.34. The van der Waals surface area contributed by atoms with Gasteiger partial charge in [-0.1, -0.05) is 46.3 Å². The molecule has 12 nitrogen and oxygen atoms in total. The summed E-state index contributed by atoms with van der Waals surface area (Å²) in [7, 11) is 2.24. The molecule has 3 rings (SSSR count). The third kappa shape index (κ3) is 5.86. The molecule has 1 atom stereocenters. The number of nitrogens with zero attached hydrogens (tertiary/aromatic N) is 2. The number of methoxy groups -OCH3 is 2. The van der Waals surface area contributed by atoms with E-state index in [2.05, 4.69) is 26.8 Å². The third-order valence-corrected chi connectivity index (χ3v) is 6.10. The van der Waals surface area contributed by atoms with Crippen molar-refractivity contribution in [1.29, 1.82) is 5.26 Å². The average Bonchev–Trinajstić information content (AvgIpc) is 2.94. The van der Waals surface area contributed by atoms with Gasteiger partial charge in [-0.25, -0.2) is 19.8 Å². The van der Waals surface area contributed by atoms with Gasteiger partial charge in [-0.15, -0.1) is 0 Å². The van der Waals surface area contributed by atoms with Gasteiger partial charge in [0.15, 0.2) is 0 Å². The highest BCUT2D eigenvalue weighted by Crippen LogP contribution is 2.44. The molecule has 2 aromatic rings. The van der Waals surface area contributed by atoms with E-state index in [1.807, 2.05) is 6.07 Å². The first-order valence-electron chi connectivity index (χ1n) is 11.4. The molecule has 0 radical (unpaired) electrons. The number of ether oxygens (including phenoxy) is 3. The van der Waals surface area contributed by atoms with Gasteiger partial charge in [0, 0.05) is 4.47 Å². The zero-order chi connectivity index (χ0) is 28.7. The number of anilines is 1. The number of nitrogens with two attached hydrogens (primary N) is 1. The number of esters is 2. The molecule has 1 aliphatic heterocycles. The molecular weight excluding hydrogens is 574 g/mol. The van der Waals surface area contributed by atoms with Crippen molar-refractivity contribution in [3.05, 3.63) is 86.8 Å². The molecule has 0 spiro atoms. The second kappa shape index (κ2) is 12.6. The number of allylic oxidation sites excluding steroid dienone is 1. The average molecular weight is 598 g/mol. The van der Waals surface area contributed by atoms with Crippen molar-refractivity contribution in [2.75, 3.05) is 25.7 Å². The van der Waals surface area contributed by atoms with Crippen LogP contribution < -0.4 is 21.5 Å². The quantitative estimate of drug-likeness (QED) is 0.255. The first-order chi connectivity index (χ1) is 18.7. The highest BCUT2D eigenvalue weighted by atomic mass is 79.9. The molecule has 1 aliphatic rings. The van der Waals surface area contributed by atoms with Gasteiger partial charge in [0.25, 0.3) is 5.91 Å². The number of amides is 2. The van der Waals surface area contributed by atoms with E-state index in [1.54, 1.807) is 37.3 Å². The van der Waals surface area contributed by atoms with E-state index in [0.29, 0.717) is 10.0 Å². The van der Waals surface area contributed by atoms with Crippen molar-refractivity contribution in [1.82, 2.24) is 10.9 Å². The van der Waals surface area contributed by atoms with Gasteiger partial charge in [-0.3, -0.25) is 15.1 Å². The Hall–Kier alpha value is -4.83. The Morgan fingerprint density at radius 2 is 1.72 bits per heavy atom. The zero-order valence-corrected chi connectivity index (χ0v) is 22.7.